The second-order valence-electron chi connectivity index (χ2n) is 5.06. The van der Waals surface area contributed by atoms with Crippen molar-refractivity contribution >= 4 is 11.9 Å². The van der Waals surface area contributed by atoms with Crippen LogP contribution in [0.4, 0.5) is 0 Å². The number of carboxylic acids is 2. The molecule has 0 saturated carbocycles. The molecule has 2 saturated heterocycles. The van der Waals surface area contributed by atoms with E-state index in [4.69, 9.17) is 4.74 Å². The van der Waals surface area contributed by atoms with Crippen LogP contribution < -0.4 is 0 Å². The molecule has 0 amide bonds. The largest absolute Gasteiger partial charge is 0.481 e. The summed E-state index contributed by atoms with van der Waals surface area (Å²) in [5, 5.41) is 18.7. The van der Waals surface area contributed by atoms with Crippen molar-refractivity contribution in [2.24, 2.45) is 10.8 Å². The summed E-state index contributed by atoms with van der Waals surface area (Å²) in [5.74, 6) is -2.15. The van der Waals surface area contributed by atoms with Crippen molar-refractivity contribution in [3.8, 4) is 0 Å². The Hall–Kier alpha value is -1.10. The standard InChI is InChI=1S/C11H16O5/c1-10(8(12)13)6-4-3-5-7(16-6)11(10,2)9(14)15/h6-7H,3-5H2,1-2H3,(H,12,13)(H,14,15). The molecule has 2 N–H and O–H groups in total. The molecule has 2 aliphatic rings. The maximum Gasteiger partial charge on any atom is 0.313 e. The van der Waals surface area contributed by atoms with Crippen LogP contribution in [-0.2, 0) is 14.3 Å². The zero-order chi connectivity index (χ0) is 12.1. The molecule has 5 nitrogen and oxygen atoms in total. The molecule has 4 atom stereocenters. The summed E-state index contributed by atoms with van der Waals surface area (Å²) >= 11 is 0. The predicted molar refractivity (Wildman–Crippen MR) is 54.0 cm³/mol. The highest BCUT2D eigenvalue weighted by Gasteiger charge is 2.70. The van der Waals surface area contributed by atoms with Crippen LogP contribution in [0.1, 0.15) is 33.1 Å². The van der Waals surface area contributed by atoms with Crippen LogP contribution >= 0.6 is 0 Å². The van der Waals surface area contributed by atoms with E-state index < -0.39 is 35.0 Å². The zero-order valence-electron chi connectivity index (χ0n) is 9.40. The van der Waals surface area contributed by atoms with Gasteiger partial charge in [0.25, 0.3) is 0 Å². The third kappa shape index (κ3) is 1.04. The van der Waals surface area contributed by atoms with E-state index in [0.29, 0.717) is 12.8 Å². The fourth-order valence-electron chi connectivity index (χ4n) is 3.06. The lowest BCUT2D eigenvalue weighted by Crippen LogP contribution is -2.52. The van der Waals surface area contributed by atoms with Gasteiger partial charge in [0, 0.05) is 0 Å². The molecule has 2 aliphatic heterocycles. The van der Waals surface area contributed by atoms with E-state index in [0.717, 1.165) is 6.42 Å². The summed E-state index contributed by atoms with van der Waals surface area (Å²) in [6.45, 7) is 3.00. The number of ether oxygens (including phenoxy) is 1. The number of carbonyl (C=O) groups is 2. The van der Waals surface area contributed by atoms with Crippen molar-refractivity contribution < 1.29 is 24.5 Å². The van der Waals surface area contributed by atoms with Gasteiger partial charge in [-0.05, 0) is 33.1 Å². The van der Waals surface area contributed by atoms with E-state index in [-0.39, 0.29) is 0 Å². The van der Waals surface area contributed by atoms with Gasteiger partial charge in [0.2, 0.25) is 0 Å². The van der Waals surface area contributed by atoms with Gasteiger partial charge < -0.3 is 14.9 Å². The van der Waals surface area contributed by atoms with Crippen LogP contribution in [0, 0.1) is 10.8 Å². The monoisotopic (exact) mass is 228 g/mol. The van der Waals surface area contributed by atoms with Crippen LogP contribution in [-0.4, -0.2) is 34.4 Å². The summed E-state index contributed by atoms with van der Waals surface area (Å²) in [5.41, 5.74) is -2.67. The van der Waals surface area contributed by atoms with Crippen molar-refractivity contribution in [2.75, 3.05) is 0 Å². The first kappa shape index (κ1) is 11.4. The minimum atomic E-state index is -1.33. The Labute approximate surface area is 93.4 Å². The van der Waals surface area contributed by atoms with Gasteiger partial charge in [-0.3, -0.25) is 9.59 Å². The molecule has 0 aromatic heterocycles. The molecule has 4 unspecified atom stereocenters. The van der Waals surface area contributed by atoms with Crippen LogP contribution in [0.15, 0.2) is 0 Å². The molecule has 16 heavy (non-hydrogen) atoms. The smallest absolute Gasteiger partial charge is 0.313 e. The molecule has 0 radical (unpaired) electrons. The molecule has 5 heteroatoms. The Balaban J connectivity index is 2.55. The second kappa shape index (κ2) is 3.20. The number of hydrogen-bond acceptors (Lipinski definition) is 3. The Kier molecular flexibility index (Phi) is 2.28. The Morgan fingerprint density at radius 3 is 1.75 bits per heavy atom. The van der Waals surface area contributed by atoms with Crippen molar-refractivity contribution in [2.45, 2.75) is 45.3 Å². The first-order chi connectivity index (χ1) is 7.35. The molecule has 2 bridgehead atoms. The number of hydrogen-bond donors (Lipinski definition) is 2. The van der Waals surface area contributed by atoms with Gasteiger partial charge in [0.1, 0.15) is 10.8 Å². The molecule has 90 valence electrons. The van der Waals surface area contributed by atoms with Gasteiger partial charge in [-0.25, -0.2) is 0 Å². The van der Waals surface area contributed by atoms with Crippen molar-refractivity contribution in [3.63, 3.8) is 0 Å². The van der Waals surface area contributed by atoms with E-state index in [2.05, 4.69) is 0 Å². The van der Waals surface area contributed by atoms with E-state index in [1.165, 1.54) is 13.8 Å². The van der Waals surface area contributed by atoms with E-state index in [1.54, 1.807) is 0 Å². The highest BCUT2D eigenvalue weighted by atomic mass is 16.5. The van der Waals surface area contributed by atoms with Crippen molar-refractivity contribution in [3.05, 3.63) is 0 Å². The first-order valence-electron chi connectivity index (χ1n) is 5.47. The summed E-state index contributed by atoms with van der Waals surface area (Å²) in [7, 11) is 0. The fourth-order valence-corrected chi connectivity index (χ4v) is 3.06. The maximum atomic E-state index is 11.4. The number of fused-ring (bicyclic) bond motifs is 2. The Morgan fingerprint density at radius 1 is 1.06 bits per heavy atom. The minimum absolute atomic E-state index is 0.482. The fraction of sp³-hybridized carbons (Fsp3) is 0.818. The SMILES string of the molecule is CC1(C(=O)O)C2CCCC(O2)C1(C)C(=O)O. The minimum Gasteiger partial charge on any atom is -0.481 e. The van der Waals surface area contributed by atoms with Crippen LogP contribution in [0.5, 0.6) is 0 Å². The van der Waals surface area contributed by atoms with E-state index >= 15 is 0 Å². The van der Waals surface area contributed by atoms with Crippen molar-refractivity contribution in [1.29, 1.82) is 0 Å². The summed E-state index contributed by atoms with van der Waals surface area (Å²) < 4.78 is 5.59. The predicted octanol–water partition coefficient (Wildman–Crippen LogP) is 1.12. The highest BCUT2D eigenvalue weighted by molar-refractivity contribution is 5.88. The molecular weight excluding hydrogens is 212 g/mol. The van der Waals surface area contributed by atoms with Gasteiger partial charge in [0.15, 0.2) is 0 Å². The molecule has 0 aliphatic carbocycles. The average Bonchev–Trinajstić information content (AvgIpc) is 2.40. The number of aliphatic carboxylic acids is 2. The molecule has 2 heterocycles. The summed E-state index contributed by atoms with van der Waals surface area (Å²) in [6, 6.07) is 0. The lowest BCUT2D eigenvalue weighted by Gasteiger charge is -2.35. The lowest BCUT2D eigenvalue weighted by molar-refractivity contribution is -0.169. The van der Waals surface area contributed by atoms with Gasteiger partial charge in [-0.1, -0.05) is 0 Å². The molecular formula is C11H16O5. The molecule has 2 rings (SSSR count). The third-order valence-corrected chi connectivity index (χ3v) is 4.52. The quantitative estimate of drug-likeness (QED) is 0.739. The van der Waals surface area contributed by atoms with Gasteiger partial charge in [-0.15, -0.1) is 0 Å². The normalized spacial score (nSPS) is 46.6. The number of carboxylic acid groups (broad SMARTS) is 2. The average molecular weight is 228 g/mol. The van der Waals surface area contributed by atoms with Gasteiger partial charge >= 0.3 is 11.9 Å². The Morgan fingerprint density at radius 2 is 1.44 bits per heavy atom. The van der Waals surface area contributed by atoms with Crippen LogP contribution in [0.2, 0.25) is 0 Å². The van der Waals surface area contributed by atoms with Gasteiger partial charge in [-0.2, -0.15) is 0 Å². The van der Waals surface area contributed by atoms with Crippen LogP contribution in [0.25, 0.3) is 0 Å². The highest BCUT2D eigenvalue weighted by Crippen LogP contribution is 2.58. The molecule has 0 aromatic carbocycles. The first-order valence-corrected chi connectivity index (χ1v) is 5.47. The summed E-state index contributed by atoms with van der Waals surface area (Å²) in [6.07, 6.45) is 1.13. The number of rotatable bonds is 2. The molecule has 0 spiro atoms. The van der Waals surface area contributed by atoms with E-state index in [9.17, 15) is 19.8 Å². The topological polar surface area (TPSA) is 83.8 Å². The molecule has 0 aromatic rings. The second-order valence-corrected chi connectivity index (χ2v) is 5.06. The summed E-state index contributed by atoms with van der Waals surface area (Å²) in [4.78, 5) is 22.9. The van der Waals surface area contributed by atoms with Crippen molar-refractivity contribution in [1.82, 2.24) is 0 Å². The Bertz CT molecular complexity index is 320. The lowest BCUT2D eigenvalue weighted by atomic mass is 9.62. The third-order valence-electron chi connectivity index (χ3n) is 4.52. The maximum absolute atomic E-state index is 11.4. The van der Waals surface area contributed by atoms with Gasteiger partial charge in [0.05, 0.1) is 12.2 Å². The van der Waals surface area contributed by atoms with E-state index in [1.807, 2.05) is 0 Å². The van der Waals surface area contributed by atoms with Crippen LogP contribution in [0.3, 0.4) is 0 Å². The molecule has 2 fully saturated rings. The zero-order valence-corrected chi connectivity index (χ0v) is 9.40.